The molecular formula is C21H27N3O3. The minimum atomic E-state index is -0.183. The number of amides is 2. The van der Waals surface area contributed by atoms with Crippen LogP contribution in [0.5, 0.6) is 5.88 Å². The maximum Gasteiger partial charge on any atom is 0.251 e. The highest BCUT2D eigenvalue weighted by Gasteiger charge is 2.14. The number of rotatable bonds is 7. The van der Waals surface area contributed by atoms with Crippen molar-refractivity contribution in [3.8, 4) is 5.88 Å². The van der Waals surface area contributed by atoms with Crippen molar-refractivity contribution in [2.75, 3.05) is 13.7 Å². The smallest absolute Gasteiger partial charge is 0.251 e. The third kappa shape index (κ3) is 6.09. The Morgan fingerprint density at radius 1 is 1.07 bits per heavy atom. The molecule has 2 rings (SSSR count). The minimum Gasteiger partial charge on any atom is -0.481 e. The van der Waals surface area contributed by atoms with Gasteiger partial charge in [-0.3, -0.25) is 9.59 Å². The van der Waals surface area contributed by atoms with E-state index in [4.69, 9.17) is 4.74 Å². The van der Waals surface area contributed by atoms with E-state index < -0.39 is 0 Å². The van der Waals surface area contributed by atoms with Crippen LogP contribution in [0.1, 0.15) is 48.7 Å². The quantitative estimate of drug-likeness (QED) is 0.786. The second-order valence-corrected chi connectivity index (χ2v) is 7.28. The van der Waals surface area contributed by atoms with Gasteiger partial charge in [-0.05, 0) is 29.2 Å². The Morgan fingerprint density at radius 3 is 2.41 bits per heavy atom. The summed E-state index contributed by atoms with van der Waals surface area (Å²) in [5, 5.41) is 5.57. The SMILES string of the molecule is COc1ncccc1CNC(=O)CCNC(=O)c1ccc(C(C)(C)C)cc1. The maximum absolute atomic E-state index is 12.2. The van der Waals surface area contributed by atoms with Crippen molar-refractivity contribution in [2.45, 2.75) is 39.2 Å². The van der Waals surface area contributed by atoms with Crippen LogP contribution in [-0.2, 0) is 16.8 Å². The van der Waals surface area contributed by atoms with Gasteiger partial charge in [0.05, 0.1) is 7.11 Å². The van der Waals surface area contributed by atoms with Gasteiger partial charge < -0.3 is 15.4 Å². The molecular weight excluding hydrogens is 342 g/mol. The predicted octanol–water partition coefficient (Wildman–Crippen LogP) is 2.82. The molecule has 0 unspecified atom stereocenters. The molecule has 6 heteroatoms. The molecule has 27 heavy (non-hydrogen) atoms. The summed E-state index contributed by atoms with van der Waals surface area (Å²) in [4.78, 5) is 28.2. The number of hydrogen-bond acceptors (Lipinski definition) is 4. The molecule has 0 atom stereocenters. The highest BCUT2D eigenvalue weighted by molar-refractivity contribution is 5.94. The van der Waals surface area contributed by atoms with E-state index in [2.05, 4.69) is 36.4 Å². The summed E-state index contributed by atoms with van der Waals surface area (Å²) in [6, 6.07) is 11.2. The number of methoxy groups -OCH3 is 1. The first-order valence-electron chi connectivity index (χ1n) is 8.94. The van der Waals surface area contributed by atoms with Crippen molar-refractivity contribution in [1.29, 1.82) is 0 Å². The van der Waals surface area contributed by atoms with Crippen LogP contribution in [0.2, 0.25) is 0 Å². The Labute approximate surface area is 160 Å². The maximum atomic E-state index is 12.2. The van der Waals surface area contributed by atoms with Crippen LogP contribution >= 0.6 is 0 Å². The third-order valence-electron chi connectivity index (χ3n) is 4.17. The Morgan fingerprint density at radius 2 is 1.78 bits per heavy atom. The lowest BCUT2D eigenvalue weighted by Crippen LogP contribution is -2.30. The summed E-state index contributed by atoms with van der Waals surface area (Å²) in [6.07, 6.45) is 1.84. The Hall–Kier alpha value is -2.89. The fourth-order valence-corrected chi connectivity index (χ4v) is 2.54. The van der Waals surface area contributed by atoms with Crippen LogP contribution in [0.4, 0.5) is 0 Å². The second-order valence-electron chi connectivity index (χ2n) is 7.28. The van der Waals surface area contributed by atoms with Gasteiger partial charge in [-0.1, -0.05) is 39.0 Å². The summed E-state index contributed by atoms with van der Waals surface area (Å²) in [6.45, 7) is 6.99. The van der Waals surface area contributed by atoms with Crippen LogP contribution in [0.3, 0.4) is 0 Å². The molecule has 1 heterocycles. The first-order chi connectivity index (χ1) is 12.8. The summed E-state index contributed by atoms with van der Waals surface area (Å²) in [5.74, 6) is 0.159. The molecule has 1 aromatic heterocycles. The number of benzene rings is 1. The molecule has 0 aliphatic heterocycles. The Bertz CT molecular complexity index is 780. The zero-order chi connectivity index (χ0) is 19.9. The number of nitrogens with one attached hydrogen (secondary N) is 2. The molecule has 0 fully saturated rings. The topological polar surface area (TPSA) is 80.3 Å². The van der Waals surface area contributed by atoms with E-state index in [9.17, 15) is 9.59 Å². The standard InChI is InChI=1S/C21H27N3O3/c1-21(2,3)17-9-7-15(8-10-17)19(26)22-13-11-18(25)24-14-16-6-5-12-23-20(16)27-4/h5-10,12H,11,13-14H2,1-4H3,(H,22,26)(H,24,25). The van der Waals surface area contributed by atoms with Crippen LogP contribution in [0, 0.1) is 0 Å². The fraction of sp³-hybridized carbons (Fsp3) is 0.381. The van der Waals surface area contributed by atoms with Crippen molar-refractivity contribution in [2.24, 2.45) is 0 Å². The van der Waals surface area contributed by atoms with Gasteiger partial charge >= 0.3 is 0 Å². The lowest BCUT2D eigenvalue weighted by molar-refractivity contribution is -0.121. The molecule has 2 amide bonds. The largest absolute Gasteiger partial charge is 0.481 e. The van der Waals surface area contributed by atoms with Crippen LogP contribution in [0.15, 0.2) is 42.6 Å². The van der Waals surface area contributed by atoms with Crippen molar-refractivity contribution < 1.29 is 14.3 Å². The van der Waals surface area contributed by atoms with E-state index in [0.717, 1.165) is 5.56 Å². The summed E-state index contributed by atoms with van der Waals surface area (Å²) in [5.41, 5.74) is 2.61. The van der Waals surface area contributed by atoms with Crippen molar-refractivity contribution in [1.82, 2.24) is 15.6 Å². The molecule has 2 aromatic rings. The zero-order valence-electron chi connectivity index (χ0n) is 16.3. The highest BCUT2D eigenvalue weighted by atomic mass is 16.5. The number of hydrogen-bond donors (Lipinski definition) is 2. The van der Waals surface area contributed by atoms with Gasteiger partial charge in [0.25, 0.3) is 5.91 Å². The van der Waals surface area contributed by atoms with Gasteiger partial charge in [0, 0.05) is 36.8 Å². The first-order valence-corrected chi connectivity index (χ1v) is 8.94. The first kappa shape index (κ1) is 20.4. The summed E-state index contributed by atoms with van der Waals surface area (Å²) >= 11 is 0. The van der Waals surface area contributed by atoms with Gasteiger partial charge in [-0.15, -0.1) is 0 Å². The van der Waals surface area contributed by atoms with E-state index >= 15 is 0 Å². The molecule has 0 radical (unpaired) electrons. The zero-order valence-corrected chi connectivity index (χ0v) is 16.3. The van der Waals surface area contributed by atoms with Crippen LogP contribution in [-0.4, -0.2) is 30.5 Å². The van der Waals surface area contributed by atoms with Gasteiger partial charge in [0.15, 0.2) is 0 Å². The Balaban J connectivity index is 1.76. The second kappa shape index (κ2) is 9.16. The molecule has 0 bridgehead atoms. The normalized spacial score (nSPS) is 11.0. The van der Waals surface area contributed by atoms with Crippen molar-refractivity contribution in [3.05, 3.63) is 59.3 Å². The molecule has 144 valence electrons. The fourth-order valence-electron chi connectivity index (χ4n) is 2.54. The summed E-state index contributed by atoms with van der Waals surface area (Å²) in [7, 11) is 1.54. The lowest BCUT2D eigenvalue weighted by Gasteiger charge is -2.19. The average Bonchev–Trinajstić information content (AvgIpc) is 2.66. The number of carbonyl (C=O) groups is 2. The molecule has 6 nitrogen and oxygen atoms in total. The van der Waals surface area contributed by atoms with Crippen LogP contribution in [0.25, 0.3) is 0 Å². The number of ether oxygens (including phenoxy) is 1. The lowest BCUT2D eigenvalue weighted by atomic mass is 9.87. The van der Waals surface area contributed by atoms with Crippen molar-refractivity contribution in [3.63, 3.8) is 0 Å². The number of pyridine rings is 1. The molecule has 0 aliphatic carbocycles. The van der Waals surface area contributed by atoms with E-state index in [0.29, 0.717) is 18.0 Å². The van der Waals surface area contributed by atoms with Gasteiger partial charge in [-0.2, -0.15) is 0 Å². The highest BCUT2D eigenvalue weighted by Crippen LogP contribution is 2.22. The van der Waals surface area contributed by atoms with Gasteiger partial charge in [0.2, 0.25) is 11.8 Å². The molecule has 0 saturated carbocycles. The molecule has 0 spiro atoms. The van der Waals surface area contributed by atoms with E-state index in [1.165, 1.54) is 12.7 Å². The monoisotopic (exact) mass is 369 g/mol. The molecule has 0 aliphatic rings. The van der Waals surface area contributed by atoms with E-state index in [1.807, 2.05) is 30.3 Å². The average molecular weight is 369 g/mol. The number of nitrogens with zero attached hydrogens (tertiary/aromatic N) is 1. The van der Waals surface area contributed by atoms with Gasteiger partial charge in [0.1, 0.15) is 0 Å². The number of carbonyl (C=O) groups excluding carboxylic acids is 2. The number of aromatic nitrogens is 1. The Kier molecular flexibility index (Phi) is 6.93. The van der Waals surface area contributed by atoms with E-state index in [-0.39, 0.29) is 30.2 Å². The van der Waals surface area contributed by atoms with Gasteiger partial charge in [-0.25, -0.2) is 4.98 Å². The molecule has 0 saturated heterocycles. The third-order valence-corrected chi connectivity index (χ3v) is 4.17. The molecule has 2 N–H and O–H groups in total. The van der Waals surface area contributed by atoms with E-state index in [1.54, 1.807) is 12.3 Å². The van der Waals surface area contributed by atoms with Crippen LogP contribution < -0.4 is 15.4 Å². The van der Waals surface area contributed by atoms with Crippen molar-refractivity contribution >= 4 is 11.8 Å². The summed E-state index contributed by atoms with van der Waals surface area (Å²) < 4.78 is 5.15. The minimum absolute atomic E-state index is 0.0457. The predicted molar refractivity (Wildman–Crippen MR) is 105 cm³/mol. The molecule has 1 aromatic carbocycles.